The zero-order chi connectivity index (χ0) is 17.2. The molecular weight excluding hydrogens is 382 g/mol. The van der Waals surface area contributed by atoms with E-state index in [1.807, 2.05) is 47.4 Å². The summed E-state index contributed by atoms with van der Waals surface area (Å²) < 4.78 is 6.60. The van der Waals surface area contributed by atoms with Crippen LogP contribution in [0.2, 0.25) is 0 Å². The largest absolute Gasteiger partial charge is 0.458 e. The quantitative estimate of drug-likeness (QED) is 0.676. The molecule has 1 aromatic heterocycles. The third-order valence-corrected chi connectivity index (χ3v) is 4.73. The molecule has 0 bridgehead atoms. The monoisotopic (exact) mass is 397 g/mol. The number of carbonyl (C=O) groups excluding carboxylic acids is 1. The highest BCUT2D eigenvalue weighted by Crippen LogP contribution is 2.23. The number of fused-ring (bicyclic) bond motifs is 1. The number of ether oxygens (including phenoxy) is 1. The molecular formula is C19H16BrN3O2. The Kier molecular flexibility index (Phi) is 4.36. The zero-order valence-corrected chi connectivity index (χ0v) is 15.0. The van der Waals surface area contributed by atoms with Crippen molar-refractivity contribution in [3.63, 3.8) is 0 Å². The first kappa shape index (κ1) is 16.0. The Morgan fingerprint density at radius 2 is 1.88 bits per heavy atom. The molecule has 0 saturated carbocycles. The molecule has 1 unspecified atom stereocenters. The first-order valence-electron chi connectivity index (χ1n) is 8.12. The van der Waals surface area contributed by atoms with Gasteiger partial charge in [0.05, 0.1) is 11.0 Å². The number of benzene rings is 2. The van der Waals surface area contributed by atoms with Crippen LogP contribution in [-0.4, -0.2) is 40.0 Å². The van der Waals surface area contributed by atoms with E-state index in [4.69, 9.17) is 4.74 Å². The van der Waals surface area contributed by atoms with Gasteiger partial charge in [0.1, 0.15) is 6.10 Å². The van der Waals surface area contributed by atoms with Crippen LogP contribution in [0.4, 0.5) is 0 Å². The minimum absolute atomic E-state index is 0.0413. The van der Waals surface area contributed by atoms with Crippen molar-refractivity contribution in [3.05, 3.63) is 64.9 Å². The van der Waals surface area contributed by atoms with Crippen LogP contribution < -0.4 is 4.74 Å². The number of likely N-dealkylation sites (tertiary alicyclic amines) is 1. The molecule has 5 nitrogen and oxygen atoms in total. The minimum Gasteiger partial charge on any atom is -0.458 e. The Morgan fingerprint density at radius 3 is 2.72 bits per heavy atom. The van der Waals surface area contributed by atoms with Gasteiger partial charge in [-0.25, -0.2) is 9.97 Å². The molecule has 1 atom stereocenters. The van der Waals surface area contributed by atoms with Gasteiger partial charge >= 0.3 is 6.01 Å². The number of hydrogen-bond acceptors (Lipinski definition) is 4. The SMILES string of the molecule is O=C(c1cccc2ccccc12)N1CCC(Oc2ncc(Br)cn2)C1. The summed E-state index contributed by atoms with van der Waals surface area (Å²) in [5.41, 5.74) is 0.735. The van der Waals surface area contributed by atoms with Gasteiger partial charge in [0.15, 0.2) is 0 Å². The van der Waals surface area contributed by atoms with E-state index < -0.39 is 0 Å². The van der Waals surface area contributed by atoms with E-state index in [1.54, 1.807) is 12.4 Å². The fourth-order valence-electron chi connectivity index (χ4n) is 3.10. The van der Waals surface area contributed by atoms with E-state index in [2.05, 4.69) is 25.9 Å². The molecule has 1 saturated heterocycles. The van der Waals surface area contributed by atoms with Crippen LogP contribution in [0.3, 0.4) is 0 Å². The van der Waals surface area contributed by atoms with Crippen molar-refractivity contribution in [2.24, 2.45) is 0 Å². The van der Waals surface area contributed by atoms with Crippen molar-refractivity contribution in [3.8, 4) is 6.01 Å². The molecule has 1 aliphatic rings. The van der Waals surface area contributed by atoms with E-state index >= 15 is 0 Å². The number of rotatable bonds is 3. The number of carbonyl (C=O) groups is 1. The molecule has 4 rings (SSSR count). The second kappa shape index (κ2) is 6.80. The second-order valence-corrected chi connectivity index (χ2v) is 6.91. The number of hydrogen-bond donors (Lipinski definition) is 0. The summed E-state index contributed by atoms with van der Waals surface area (Å²) >= 11 is 3.30. The second-order valence-electron chi connectivity index (χ2n) is 5.99. The Labute approximate surface area is 153 Å². The Balaban J connectivity index is 1.49. The molecule has 2 aromatic carbocycles. The Morgan fingerprint density at radius 1 is 1.12 bits per heavy atom. The van der Waals surface area contributed by atoms with Gasteiger partial charge in [-0.05, 0) is 32.8 Å². The normalized spacial score (nSPS) is 17.0. The third-order valence-electron chi connectivity index (χ3n) is 4.32. The average molecular weight is 398 g/mol. The first-order chi connectivity index (χ1) is 12.2. The summed E-state index contributed by atoms with van der Waals surface area (Å²) in [6, 6.07) is 14.1. The van der Waals surface area contributed by atoms with Crippen LogP contribution in [0.15, 0.2) is 59.3 Å². The Hall–Kier alpha value is -2.47. The number of nitrogens with zero attached hydrogens (tertiary/aromatic N) is 3. The maximum atomic E-state index is 12.9. The van der Waals surface area contributed by atoms with Gasteiger partial charge in [0.25, 0.3) is 5.91 Å². The van der Waals surface area contributed by atoms with E-state index in [0.29, 0.717) is 19.1 Å². The summed E-state index contributed by atoms with van der Waals surface area (Å²) in [5, 5.41) is 2.05. The van der Waals surface area contributed by atoms with Crippen molar-refractivity contribution < 1.29 is 9.53 Å². The molecule has 0 aliphatic carbocycles. The predicted octanol–water partition coefficient (Wildman–Crippen LogP) is 3.69. The standard InChI is InChI=1S/C19H16BrN3O2/c20-14-10-21-19(22-11-14)25-15-8-9-23(12-15)18(24)17-7-3-5-13-4-1-2-6-16(13)17/h1-7,10-11,15H,8-9,12H2. The minimum atomic E-state index is -0.0832. The van der Waals surface area contributed by atoms with E-state index in [9.17, 15) is 4.79 Å². The molecule has 1 aliphatic heterocycles. The summed E-state index contributed by atoms with van der Waals surface area (Å²) in [6.07, 6.45) is 3.99. The van der Waals surface area contributed by atoms with Gasteiger partial charge in [0, 0.05) is 30.9 Å². The van der Waals surface area contributed by atoms with Gasteiger partial charge in [0.2, 0.25) is 0 Å². The number of halogens is 1. The molecule has 2 heterocycles. The first-order valence-corrected chi connectivity index (χ1v) is 8.91. The van der Waals surface area contributed by atoms with Crippen LogP contribution in [0.5, 0.6) is 6.01 Å². The zero-order valence-electron chi connectivity index (χ0n) is 13.4. The van der Waals surface area contributed by atoms with Crippen LogP contribution >= 0.6 is 15.9 Å². The molecule has 126 valence electrons. The van der Waals surface area contributed by atoms with Gasteiger partial charge in [-0.1, -0.05) is 36.4 Å². The molecule has 1 fully saturated rings. The number of amides is 1. The summed E-state index contributed by atoms with van der Waals surface area (Å²) in [4.78, 5) is 23.0. The highest BCUT2D eigenvalue weighted by molar-refractivity contribution is 9.10. The molecule has 6 heteroatoms. The van der Waals surface area contributed by atoms with Crippen LogP contribution in [0, 0.1) is 0 Å². The molecule has 25 heavy (non-hydrogen) atoms. The molecule has 0 radical (unpaired) electrons. The summed E-state index contributed by atoms with van der Waals surface area (Å²) in [6.45, 7) is 1.21. The summed E-state index contributed by atoms with van der Waals surface area (Å²) in [7, 11) is 0. The maximum Gasteiger partial charge on any atom is 0.316 e. The molecule has 1 amide bonds. The van der Waals surface area contributed by atoms with Crippen molar-refractivity contribution >= 4 is 32.6 Å². The van der Waals surface area contributed by atoms with Crippen LogP contribution in [0.25, 0.3) is 10.8 Å². The average Bonchev–Trinajstić information content (AvgIpc) is 3.11. The smallest absolute Gasteiger partial charge is 0.316 e. The van der Waals surface area contributed by atoms with E-state index in [1.165, 1.54) is 0 Å². The summed E-state index contributed by atoms with van der Waals surface area (Å²) in [5.74, 6) is 0.0413. The van der Waals surface area contributed by atoms with E-state index in [-0.39, 0.29) is 12.0 Å². The fourth-order valence-corrected chi connectivity index (χ4v) is 3.31. The van der Waals surface area contributed by atoms with Gasteiger partial charge < -0.3 is 9.64 Å². The Bertz CT molecular complexity index is 909. The van der Waals surface area contributed by atoms with Crippen molar-refractivity contribution in [1.82, 2.24) is 14.9 Å². The maximum absolute atomic E-state index is 12.9. The molecule has 3 aromatic rings. The van der Waals surface area contributed by atoms with E-state index in [0.717, 1.165) is 27.2 Å². The predicted molar refractivity (Wildman–Crippen MR) is 98.6 cm³/mol. The van der Waals surface area contributed by atoms with Gasteiger partial charge in [-0.2, -0.15) is 0 Å². The lowest BCUT2D eigenvalue weighted by molar-refractivity contribution is 0.0771. The molecule has 0 N–H and O–H groups in total. The highest BCUT2D eigenvalue weighted by Gasteiger charge is 2.29. The van der Waals surface area contributed by atoms with Crippen molar-refractivity contribution in [1.29, 1.82) is 0 Å². The third kappa shape index (κ3) is 3.35. The lowest BCUT2D eigenvalue weighted by Gasteiger charge is -2.18. The lowest BCUT2D eigenvalue weighted by Crippen LogP contribution is -2.31. The fraction of sp³-hybridized carbons (Fsp3) is 0.211. The topological polar surface area (TPSA) is 55.3 Å². The van der Waals surface area contributed by atoms with Gasteiger partial charge in [-0.15, -0.1) is 0 Å². The van der Waals surface area contributed by atoms with Crippen LogP contribution in [-0.2, 0) is 0 Å². The lowest BCUT2D eigenvalue weighted by atomic mass is 10.0. The van der Waals surface area contributed by atoms with Crippen LogP contribution in [0.1, 0.15) is 16.8 Å². The highest BCUT2D eigenvalue weighted by atomic mass is 79.9. The van der Waals surface area contributed by atoms with Crippen molar-refractivity contribution in [2.45, 2.75) is 12.5 Å². The van der Waals surface area contributed by atoms with Gasteiger partial charge in [-0.3, -0.25) is 4.79 Å². The van der Waals surface area contributed by atoms with Crippen molar-refractivity contribution in [2.75, 3.05) is 13.1 Å². The number of aromatic nitrogens is 2. The molecule has 0 spiro atoms.